The topological polar surface area (TPSA) is 65.0 Å². The predicted octanol–water partition coefficient (Wildman–Crippen LogP) is 2.77. The molecule has 0 aromatic carbocycles. The highest BCUT2D eigenvalue weighted by atomic mass is 16.8. The number of allylic oxidation sites excluding steroid dienone is 1. The molecule has 1 N–H and O–H groups in total. The molecule has 5 rings (SSSR count). The van der Waals surface area contributed by atoms with Crippen LogP contribution in [0.4, 0.5) is 0 Å². The highest BCUT2D eigenvalue weighted by molar-refractivity contribution is 5.66. The molecule has 5 aliphatic rings. The van der Waals surface area contributed by atoms with E-state index in [1.54, 1.807) is 0 Å². The van der Waals surface area contributed by atoms with Crippen molar-refractivity contribution in [2.24, 2.45) is 29.1 Å². The number of aliphatic hydroxyl groups excluding tert-OH is 1. The molecule has 5 heteroatoms. The molecule has 0 radical (unpaired) electrons. The number of esters is 1. The number of fused-ring (bicyclic) bond motifs is 8. The summed E-state index contributed by atoms with van der Waals surface area (Å²) >= 11 is 0. The van der Waals surface area contributed by atoms with Gasteiger partial charge in [0.1, 0.15) is 6.10 Å². The van der Waals surface area contributed by atoms with Gasteiger partial charge in [-0.15, -0.1) is 0 Å². The first-order chi connectivity index (χ1) is 12.0. The van der Waals surface area contributed by atoms with Crippen LogP contribution in [0.3, 0.4) is 0 Å². The van der Waals surface area contributed by atoms with Crippen molar-refractivity contribution in [3.63, 3.8) is 0 Å². The number of aliphatic hydroxyl groups is 1. The largest absolute Gasteiger partial charge is 0.433 e. The summed E-state index contributed by atoms with van der Waals surface area (Å²) < 4.78 is 17.2. The van der Waals surface area contributed by atoms with Gasteiger partial charge in [-0.3, -0.25) is 4.79 Å². The van der Waals surface area contributed by atoms with Gasteiger partial charge in [-0.05, 0) is 66.8 Å². The van der Waals surface area contributed by atoms with E-state index in [-0.39, 0.29) is 29.9 Å². The molecule has 2 bridgehead atoms. The zero-order valence-corrected chi connectivity index (χ0v) is 15.0. The normalized spacial score (nSPS) is 53.5. The van der Waals surface area contributed by atoms with E-state index in [2.05, 4.69) is 13.0 Å². The SMILES string of the molecule is CC(=O)O[C@H]1O[C@H]2C[C@H]3C(=CC[C@@H]4[C@@H]3CC[C@]3(C)[C@@H](O)CC[C@@H]43)[C@@H]1O2. The fourth-order valence-corrected chi connectivity index (χ4v) is 6.72. The average molecular weight is 348 g/mol. The van der Waals surface area contributed by atoms with E-state index in [4.69, 9.17) is 14.2 Å². The van der Waals surface area contributed by atoms with Crippen molar-refractivity contribution in [1.82, 2.24) is 0 Å². The van der Waals surface area contributed by atoms with Gasteiger partial charge in [0.15, 0.2) is 6.29 Å². The number of hydrogen-bond acceptors (Lipinski definition) is 5. The molecule has 25 heavy (non-hydrogen) atoms. The lowest BCUT2D eigenvalue weighted by molar-refractivity contribution is -0.175. The Morgan fingerprint density at radius 1 is 1.28 bits per heavy atom. The first kappa shape index (κ1) is 16.3. The highest BCUT2D eigenvalue weighted by Crippen LogP contribution is 2.62. The lowest BCUT2D eigenvalue weighted by Crippen LogP contribution is -2.49. The molecule has 2 heterocycles. The van der Waals surface area contributed by atoms with Crippen LogP contribution in [0.1, 0.15) is 52.4 Å². The molecule has 2 aliphatic heterocycles. The van der Waals surface area contributed by atoms with Crippen LogP contribution in [-0.2, 0) is 19.0 Å². The van der Waals surface area contributed by atoms with Crippen LogP contribution in [0.2, 0.25) is 0 Å². The van der Waals surface area contributed by atoms with Gasteiger partial charge in [-0.2, -0.15) is 0 Å². The molecule has 2 saturated heterocycles. The second kappa shape index (κ2) is 5.54. The van der Waals surface area contributed by atoms with E-state index in [0.29, 0.717) is 23.7 Å². The third kappa shape index (κ3) is 2.28. The fraction of sp³-hybridized carbons (Fsp3) is 0.850. The molecule has 0 aromatic rings. The molecule has 5 nitrogen and oxygen atoms in total. The summed E-state index contributed by atoms with van der Waals surface area (Å²) in [7, 11) is 0. The quantitative estimate of drug-likeness (QED) is 0.583. The molecule has 0 amide bonds. The second-order valence-corrected chi connectivity index (χ2v) is 8.95. The molecule has 9 atom stereocenters. The lowest BCUT2D eigenvalue weighted by Gasteiger charge is -2.53. The van der Waals surface area contributed by atoms with Crippen molar-refractivity contribution < 1.29 is 24.1 Å². The summed E-state index contributed by atoms with van der Waals surface area (Å²) in [5.74, 6) is 2.10. The van der Waals surface area contributed by atoms with Gasteiger partial charge in [0.05, 0.1) is 6.10 Å². The Kier molecular flexibility index (Phi) is 3.61. The van der Waals surface area contributed by atoms with Crippen molar-refractivity contribution in [2.75, 3.05) is 0 Å². The summed E-state index contributed by atoms with van der Waals surface area (Å²) in [6.45, 7) is 3.72. The molecule has 3 aliphatic carbocycles. The van der Waals surface area contributed by atoms with Crippen molar-refractivity contribution in [3.8, 4) is 0 Å². The number of rotatable bonds is 1. The molecule has 0 spiro atoms. The Morgan fingerprint density at radius 2 is 2.12 bits per heavy atom. The Morgan fingerprint density at radius 3 is 2.92 bits per heavy atom. The fourth-order valence-electron chi connectivity index (χ4n) is 6.72. The van der Waals surface area contributed by atoms with Crippen LogP contribution in [0.5, 0.6) is 0 Å². The van der Waals surface area contributed by atoms with Crippen LogP contribution in [0.15, 0.2) is 11.6 Å². The van der Waals surface area contributed by atoms with E-state index in [1.807, 2.05) is 0 Å². The Hall–Kier alpha value is -0.910. The van der Waals surface area contributed by atoms with Gasteiger partial charge in [-0.25, -0.2) is 0 Å². The van der Waals surface area contributed by atoms with Gasteiger partial charge >= 0.3 is 5.97 Å². The minimum atomic E-state index is -0.586. The van der Waals surface area contributed by atoms with Crippen LogP contribution in [0.25, 0.3) is 0 Å². The van der Waals surface area contributed by atoms with Crippen molar-refractivity contribution >= 4 is 5.97 Å². The molecule has 4 fully saturated rings. The highest BCUT2D eigenvalue weighted by Gasteiger charge is 2.58. The molecule has 138 valence electrons. The first-order valence-electron chi connectivity index (χ1n) is 9.83. The maximum Gasteiger partial charge on any atom is 0.305 e. The summed E-state index contributed by atoms with van der Waals surface area (Å²) in [5.41, 5.74) is 1.40. The van der Waals surface area contributed by atoms with E-state index < -0.39 is 6.29 Å². The third-order valence-corrected chi connectivity index (χ3v) is 7.90. The molecule has 0 unspecified atom stereocenters. The summed E-state index contributed by atoms with van der Waals surface area (Å²) in [5, 5.41) is 10.5. The first-order valence-corrected chi connectivity index (χ1v) is 9.83. The Bertz CT molecular complexity index is 615. The summed E-state index contributed by atoms with van der Waals surface area (Å²) in [4.78, 5) is 11.4. The van der Waals surface area contributed by atoms with Gasteiger partial charge < -0.3 is 19.3 Å². The van der Waals surface area contributed by atoms with Crippen LogP contribution in [-0.4, -0.2) is 35.9 Å². The van der Waals surface area contributed by atoms with Crippen LogP contribution < -0.4 is 0 Å². The van der Waals surface area contributed by atoms with Gasteiger partial charge in [0, 0.05) is 13.3 Å². The summed E-state index contributed by atoms with van der Waals surface area (Å²) in [6, 6.07) is 0. The van der Waals surface area contributed by atoms with Gasteiger partial charge in [0.25, 0.3) is 0 Å². The molecule has 2 saturated carbocycles. The minimum Gasteiger partial charge on any atom is -0.433 e. The van der Waals surface area contributed by atoms with E-state index >= 15 is 0 Å². The lowest BCUT2D eigenvalue weighted by atomic mass is 9.53. The van der Waals surface area contributed by atoms with Crippen molar-refractivity contribution in [1.29, 1.82) is 0 Å². The Balaban J connectivity index is 1.43. The maximum absolute atomic E-state index is 11.4. The molecule has 0 aromatic heterocycles. The van der Waals surface area contributed by atoms with Gasteiger partial charge in [0.2, 0.25) is 6.29 Å². The molecular formula is C20H28O5. The monoisotopic (exact) mass is 348 g/mol. The number of hydrogen-bond donors (Lipinski definition) is 1. The van der Waals surface area contributed by atoms with E-state index in [0.717, 1.165) is 32.1 Å². The zero-order chi connectivity index (χ0) is 17.3. The van der Waals surface area contributed by atoms with E-state index in [9.17, 15) is 9.90 Å². The second-order valence-electron chi connectivity index (χ2n) is 8.95. The molecular weight excluding hydrogens is 320 g/mol. The minimum absolute atomic E-state index is 0.105. The Labute approximate surface area is 148 Å². The third-order valence-electron chi connectivity index (χ3n) is 7.90. The van der Waals surface area contributed by atoms with Crippen LogP contribution >= 0.6 is 0 Å². The average Bonchev–Trinajstić information content (AvgIpc) is 3.05. The standard InChI is InChI=1S/C20H28O5/c1-10(21)23-19-18-13-4-3-12-11(14(13)9-17(24-18)25-19)7-8-20(2)15(12)5-6-16(20)22/h4,11-12,14-19,22H,3,5-9H2,1-2H3/t11-,12+,14+,15-,16-,17-,18-,19-,20-/m0/s1. The number of ether oxygens (including phenoxy) is 3. The smallest absolute Gasteiger partial charge is 0.305 e. The maximum atomic E-state index is 11.4. The van der Waals surface area contributed by atoms with Crippen molar-refractivity contribution in [2.45, 2.75) is 77.2 Å². The van der Waals surface area contributed by atoms with Gasteiger partial charge in [-0.1, -0.05) is 13.0 Å². The predicted molar refractivity (Wildman–Crippen MR) is 89.2 cm³/mol. The van der Waals surface area contributed by atoms with E-state index in [1.165, 1.54) is 18.9 Å². The van der Waals surface area contributed by atoms with Crippen molar-refractivity contribution in [3.05, 3.63) is 11.6 Å². The summed E-state index contributed by atoms with van der Waals surface area (Å²) in [6.07, 6.45) is 7.48. The van der Waals surface area contributed by atoms with Crippen LogP contribution in [0, 0.1) is 29.1 Å². The zero-order valence-electron chi connectivity index (χ0n) is 15.0. The number of carbonyl (C=O) groups is 1. The number of carbonyl (C=O) groups excluding carboxylic acids is 1.